The molecule has 0 saturated heterocycles. The summed E-state index contributed by atoms with van der Waals surface area (Å²) in [6.07, 6.45) is 5.13. The van der Waals surface area contributed by atoms with Gasteiger partial charge in [0.25, 0.3) is 0 Å². The quantitative estimate of drug-likeness (QED) is 0.163. The molecular formula is C25H35IN4O3. The molecule has 180 valence electrons. The maximum absolute atomic E-state index is 12.4. The lowest BCUT2D eigenvalue weighted by Gasteiger charge is -2.14. The average Bonchev–Trinajstić information content (AvgIpc) is 3.35. The highest BCUT2D eigenvalue weighted by Gasteiger charge is 2.22. The Morgan fingerprint density at radius 1 is 1.03 bits per heavy atom. The summed E-state index contributed by atoms with van der Waals surface area (Å²) in [4.78, 5) is 16.7. The van der Waals surface area contributed by atoms with Gasteiger partial charge in [0, 0.05) is 57.1 Å². The molecule has 0 heterocycles. The molecule has 0 bridgehead atoms. The van der Waals surface area contributed by atoms with Crippen LogP contribution in [0.5, 0.6) is 5.75 Å². The first-order chi connectivity index (χ1) is 15.7. The Morgan fingerprint density at radius 3 is 2.48 bits per heavy atom. The zero-order valence-corrected chi connectivity index (χ0v) is 21.8. The number of rotatable bonds is 10. The third-order valence-electron chi connectivity index (χ3n) is 5.46. The van der Waals surface area contributed by atoms with E-state index >= 15 is 0 Å². The van der Waals surface area contributed by atoms with Crippen molar-refractivity contribution in [3.8, 4) is 5.75 Å². The van der Waals surface area contributed by atoms with Crippen molar-refractivity contribution in [1.29, 1.82) is 0 Å². The third kappa shape index (κ3) is 9.21. The van der Waals surface area contributed by atoms with Gasteiger partial charge in [-0.05, 0) is 42.7 Å². The molecule has 0 aromatic heterocycles. The number of nitrogens with one attached hydrogen (secondary N) is 3. The molecule has 1 fully saturated rings. The molecule has 1 saturated carbocycles. The fraction of sp³-hybridized carbons (Fsp3) is 0.440. The van der Waals surface area contributed by atoms with Crippen molar-refractivity contribution in [2.24, 2.45) is 10.9 Å². The van der Waals surface area contributed by atoms with Crippen LogP contribution in [0.1, 0.15) is 37.7 Å². The van der Waals surface area contributed by atoms with Crippen LogP contribution in [0.2, 0.25) is 0 Å². The number of benzene rings is 2. The summed E-state index contributed by atoms with van der Waals surface area (Å²) in [5.74, 6) is 1.74. The number of guanidine groups is 1. The Labute approximate surface area is 213 Å². The van der Waals surface area contributed by atoms with Crippen molar-refractivity contribution in [2.75, 3.05) is 38.0 Å². The lowest BCUT2D eigenvalue weighted by Crippen LogP contribution is -2.30. The van der Waals surface area contributed by atoms with Crippen LogP contribution in [0.15, 0.2) is 53.5 Å². The number of hydrogen-bond acceptors (Lipinski definition) is 4. The molecule has 0 radical (unpaired) electrons. The molecule has 0 aliphatic heterocycles. The number of hydrogen-bond donors (Lipinski definition) is 3. The minimum atomic E-state index is 0. The first kappa shape index (κ1) is 26.9. The molecular weight excluding hydrogens is 531 g/mol. The molecule has 8 heteroatoms. The third-order valence-corrected chi connectivity index (χ3v) is 5.46. The predicted octanol–water partition coefficient (Wildman–Crippen LogP) is 5.04. The highest BCUT2D eigenvalue weighted by Crippen LogP contribution is 2.26. The van der Waals surface area contributed by atoms with Crippen LogP contribution in [0.25, 0.3) is 0 Å². The molecule has 0 unspecified atom stereocenters. The summed E-state index contributed by atoms with van der Waals surface area (Å²) in [7, 11) is 3.42. The van der Waals surface area contributed by atoms with E-state index in [1.54, 1.807) is 14.2 Å². The van der Waals surface area contributed by atoms with Crippen LogP contribution in [0.4, 0.5) is 11.4 Å². The summed E-state index contributed by atoms with van der Waals surface area (Å²) in [5.41, 5.74) is 2.79. The molecule has 33 heavy (non-hydrogen) atoms. The number of carbonyl (C=O) groups is 1. The van der Waals surface area contributed by atoms with E-state index < -0.39 is 0 Å². The Kier molecular flexibility index (Phi) is 12.0. The smallest absolute Gasteiger partial charge is 0.227 e. The maximum atomic E-state index is 12.4. The number of amides is 1. The van der Waals surface area contributed by atoms with Crippen molar-refractivity contribution in [2.45, 2.75) is 38.6 Å². The highest BCUT2D eigenvalue weighted by atomic mass is 127. The van der Waals surface area contributed by atoms with E-state index in [1.165, 1.54) is 0 Å². The van der Waals surface area contributed by atoms with E-state index in [1.807, 2.05) is 48.5 Å². The van der Waals surface area contributed by atoms with Gasteiger partial charge in [0.1, 0.15) is 5.75 Å². The summed E-state index contributed by atoms with van der Waals surface area (Å²) in [6.45, 7) is 1.87. The van der Waals surface area contributed by atoms with Crippen molar-refractivity contribution in [3.63, 3.8) is 0 Å². The number of aliphatic imine (C=N–C) groups is 1. The van der Waals surface area contributed by atoms with Crippen LogP contribution >= 0.6 is 24.0 Å². The second-order valence-electron chi connectivity index (χ2n) is 7.94. The van der Waals surface area contributed by atoms with Crippen LogP contribution < -0.4 is 20.7 Å². The largest absolute Gasteiger partial charge is 0.493 e. The lowest BCUT2D eigenvalue weighted by atomic mass is 10.1. The SMILES string of the molecule is CN=C(NCc1cccc(NC(=O)C2CCCC2)c1)Nc1cccc(OCCCOC)c1.I. The topological polar surface area (TPSA) is 84.0 Å². The van der Waals surface area contributed by atoms with Crippen LogP contribution in [-0.2, 0) is 16.1 Å². The van der Waals surface area contributed by atoms with Gasteiger partial charge in [-0.15, -0.1) is 24.0 Å². The first-order valence-corrected chi connectivity index (χ1v) is 11.3. The zero-order chi connectivity index (χ0) is 22.6. The summed E-state index contributed by atoms with van der Waals surface area (Å²) >= 11 is 0. The van der Waals surface area contributed by atoms with Crippen molar-refractivity contribution >= 4 is 47.2 Å². The van der Waals surface area contributed by atoms with Gasteiger partial charge in [0.15, 0.2) is 5.96 Å². The maximum Gasteiger partial charge on any atom is 0.227 e. The van der Waals surface area contributed by atoms with Gasteiger partial charge in [-0.2, -0.15) is 0 Å². The van der Waals surface area contributed by atoms with E-state index in [-0.39, 0.29) is 35.8 Å². The van der Waals surface area contributed by atoms with E-state index in [0.717, 1.165) is 54.8 Å². The standard InChI is InChI=1S/C25H34N4O3.HI/c1-26-25(29-22-12-6-13-23(17-22)32-15-7-14-31-2)27-18-19-8-5-11-21(16-19)28-24(30)20-9-3-4-10-20;/h5-6,8,11-13,16-17,20H,3-4,7,9-10,14-15,18H2,1-2H3,(H,28,30)(H2,26,27,29);1H. The molecule has 2 aromatic rings. The number of ether oxygens (including phenoxy) is 2. The van der Waals surface area contributed by atoms with E-state index in [9.17, 15) is 4.79 Å². The first-order valence-electron chi connectivity index (χ1n) is 11.3. The van der Waals surface area contributed by atoms with Crippen molar-refractivity contribution < 1.29 is 14.3 Å². The highest BCUT2D eigenvalue weighted by molar-refractivity contribution is 14.0. The number of halogens is 1. The molecule has 0 spiro atoms. The van der Waals surface area contributed by atoms with Gasteiger partial charge >= 0.3 is 0 Å². The Bertz CT molecular complexity index is 901. The van der Waals surface area contributed by atoms with E-state index in [2.05, 4.69) is 20.9 Å². The van der Waals surface area contributed by atoms with Gasteiger partial charge in [0.2, 0.25) is 5.91 Å². The van der Waals surface area contributed by atoms with Crippen LogP contribution in [0, 0.1) is 5.92 Å². The van der Waals surface area contributed by atoms with E-state index in [4.69, 9.17) is 9.47 Å². The fourth-order valence-corrected chi connectivity index (χ4v) is 3.75. The summed E-state index contributed by atoms with van der Waals surface area (Å²) < 4.78 is 10.8. The van der Waals surface area contributed by atoms with Gasteiger partial charge in [-0.1, -0.05) is 31.0 Å². The van der Waals surface area contributed by atoms with Crippen LogP contribution in [-0.4, -0.2) is 39.2 Å². The Morgan fingerprint density at radius 2 is 1.76 bits per heavy atom. The Hall–Kier alpha value is -2.33. The number of methoxy groups -OCH3 is 1. The normalized spacial score (nSPS) is 13.8. The summed E-state index contributed by atoms with van der Waals surface area (Å²) in [5, 5.41) is 9.67. The molecule has 7 nitrogen and oxygen atoms in total. The number of carbonyl (C=O) groups excluding carboxylic acids is 1. The molecule has 2 aromatic carbocycles. The minimum absolute atomic E-state index is 0. The fourth-order valence-electron chi connectivity index (χ4n) is 3.75. The molecule has 1 amide bonds. The molecule has 3 rings (SSSR count). The second kappa shape index (κ2) is 14.7. The summed E-state index contributed by atoms with van der Waals surface area (Å²) in [6, 6.07) is 15.7. The zero-order valence-electron chi connectivity index (χ0n) is 19.4. The monoisotopic (exact) mass is 566 g/mol. The molecule has 1 aliphatic rings. The van der Waals surface area contributed by atoms with Gasteiger partial charge in [0.05, 0.1) is 6.61 Å². The van der Waals surface area contributed by atoms with Crippen molar-refractivity contribution in [1.82, 2.24) is 5.32 Å². The number of anilines is 2. The van der Waals surface area contributed by atoms with Gasteiger partial charge in [-0.25, -0.2) is 0 Å². The molecule has 0 atom stereocenters. The lowest BCUT2D eigenvalue weighted by molar-refractivity contribution is -0.119. The van der Waals surface area contributed by atoms with E-state index in [0.29, 0.717) is 25.7 Å². The molecule has 1 aliphatic carbocycles. The number of nitrogens with zero attached hydrogens (tertiary/aromatic N) is 1. The Balaban J connectivity index is 0.00000385. The minimum Gasteiger partial charge on any atom is -0.493 e. The van der Waals surface area contributed by atoms with Crippen LogP contribution in [0.3, 0.4) is 0 Å². The van der Waals surface area contributed by atoms with Gasteiger partial charge in [-0.3, -0.25) is 9.79 Å². The van der Waals surface area contributed by atoms with Crippen molar-refractivity contribution in [3.05, 3.63) is 54.1 Å². The second-order valence-corrected chi connectivity index (χ2v) is 7.94. The van der Waals surface area contributed by atoms with Gasteiger partial charge < -0.3 is 25.4 Å². The average molecular weight is 566 g/mol. The molecule has 3 N–H and O–H groups in total. The predicted molar refractivity (Wildman–Crippen MR) is 145 cm³/mol.